The number of anilines is 1. The summed E-state index contributed by atoms with van der Waals surface area (Å²) in [6.07, 6.45) is 1.26. The molecule has 0 aliphatic carbocycles. The number of morpholine rings is 1. The van der Waals surface area contributed by atoms with Crippen molar-refractivity contribution in [2.45, 2.75) is 12.8 Å². The van der Waals surface area contributed by atoms with Gasteiger partial charge < -0.3 is 18.9 Å². The molecular formula is C22H26Cl2N3O4S-. The first-order valence-electron chi connectivity index (χ1n) is 10.4. The lowest BCUT2D eigenvalue weighted by Gasteiger charge is -2.27. The third-order valence-electron chi connectivity index (χ3n) is 5.25. The van der Waals surface area contributed by atoms with Gasteiger partial charge in [-0.3, -0.25) is 13.9 Å². The Balaban J connectivity index is 1.51. The van der Waals surface area contributed by atoms with E-state index in [0.29, 0.717) is 34.3 Å². The second-order valence-corrected chi connectivity index (χ2v) is 9.05. The van der Waals surface area contributed by atoms with Crippen molar-refractivity contribution in [1.29, 1.82) is 0 Å². The molecule has 7 nitrogen and oxygen atoms in total. The smallest absolute Gasteiger partial charge is 0.251 e. The van der Waals surface area contributed by atoms with Crippen molar-refractivity contribution in [1.82, 2.24) is 10.2 Å². The molecule has 1 saturated heterocycles. The summed E-state index contributed by atoms with van der Waals surface area (Å²) in [6.45, 7) is 5.07. The van der Waals surface area contributed by atoms with Crippen molar-refractivity contribution in [3.05, 3.63) is 63.6 Å². The fourth-order valence-corrected chi connectivity index (χ4v) is 4.41. The molecule has 1 amide bonds. The van der Waals surface area contributed by atoms with Gasteiger partial charge in [0.25, 0.3) is 5.91 Å². The molecule has 174 valence electrons. The molecule has 2 aromatic carbocycles. The molecule has 0 bridgehead atoms. The summed E-state index contributed by atoms with van der Waals surface area (Å²) in [5, 5.41) is 3.76. The molecule has 1 heterocycles. The second-order valence-electron chi connectivity index (χ2n) is 7.39. The van der Waals surface area contributed by atoms with Crippen LogP contribution in [0.2, 0.25) is 10.0 Å². The van der Waals surface area contributed by atoms with E-state index >= 15 is 0 Å². The average Bonchev–Trinajstić information content (AvgIpc) is 2.80. The number of nitrogens with one attached hydrogen (secondary N) is 1. The van der Waals surface area contributed by atoms with Gasteiger partial charge in [-0.15, -0.1) is 0 Å². The summed E-state index contributed by atoms with van der Waals surface area (Å²) in [7, 11) is 0. The number of amides is 1. The summed E-state index contributed by atoms with van der Waals surface area (Å²) in [5.41, 5.74) is 1.72. The van der Waals surface area contributed by atoms with Gasteiger partial charge in [0, 0.05) is 48.7 Å². The highest BCUT2D eigenvalue weighted by Gasteiger charge is 2.13. The molecular weight excluding hydrogens is 473 g/mol. The molecule has 0 spiro atoms. The number of carbonyl (C=O) groups is 1. The van der Waals surface area contributed by atoms with Crippen LogP contribution in [0.1, 0.15) is 22.3 Å². The molecule has 10 heteroatoms. The number of hydrogen-bond acceptors (Lipinski definition) is 5. The van der Waals surface area contributed by atoms with Crippen LogP contribution in [0.3, 0.4) is 0 Å². The number of rotatable bonds is 10. The largest absolute Gasteiger partial charge is 0.755 e. The van der Waals surface area contributed by atoms with E-state index in [0.717, 1.165) is 44.8 Å². The minimum Gasteiger partial charge on any atom is -0.755 e. The summed E-state index contributed by atoms with van der Waals surface area (Å²) in [6, 6.07) is 11.8. The molecule has 3 rings (SSSR count). The summed E-state index contributed by atoms with van der Waals surface area (Å²) >= 11 is 9.75. The van der Waals surface area contributed by atoms with Crippen LogP contribution in [0.4, 0.5) is 5.69 Å². The number of nitrogens with zero attached hydrogens (tertiary/aromatic N) is 2. The van der Waals surface area contributed by atoms with E-state index in [9.17, 15) is 13.6 Å². The van der Waals surface area contributed by atoms with Gasteiger partial charge in [0.15, 0.2) is 0 Å². The molecule has 1 unspecified atom stereocenters. The molecule has 1 aliphatic rings. The Labute approximate surface area is 201 Å². The molecule has 0 aromatic heterocycles. The first-order chi connectivity index (χ1) is 15.5. The summed E-state index contributed by atoms with van der Waals surface area (Å²) < 4.78 is 30.1. The van der Waals surface area contributed by atoms with Gasteiger partial charge in [0.05, 0.1) is 23.3 Å². The molecule has 0 radical (unpaired) electrons. The molecule has 2 aromatic rings. The van der Waals surface area contributed by atoms with E-state index in [1.54, 1.807) is 36.4 Å². The monoisotopic (exact) mass is 498 g/mol. The summed E-state index contributed by atoms with van der Waals surface area (Å²) in [4.78, 5) is 14.7. The molecule has 1 N–H and O–H groups in total. The molecule has 1 aliphatic heterocycles. The molecule has 1 atom stereocenters. The Morgan fingerprint density at radius 2 is 1.88 bits per heavy atom. The minimum atomic E-state index is -2.47. The van der Waals surface area contributed by atoms with Crippen LogP contribution < -0.4 is 9.62 Å². The SMILES string of the molecule is O=C(NCCCN1CCOCC1)c1ccc(N(CCc2cccc(Cl)c2Cl)S(=O)[O-])cc1. The van der Waals surface area contributed by atoms with Crippen molar-refractivity contribution in [2.24, 2.45) is 0 Å². The van der Waals surface area contributed by atoms with Crippen LogP contribution in [-0.4, -0.2) is 65.5 Å². The topological polar surface area (TPSA) is 84.9 Å². The predicted molar refractivity (Wildman–Crippen MR) is 127 cm³/mol. The van der Waals surface area contributed by atoms with Gasteiger partial charge in [0.2, 0.25) is 0 Å². The number of ether oxygens (including phenoxy) is 1. The molecule has 1 fully saturated rings. The zero-order chi connectivity index (χ0) is 22.9. The van der Waals surface area contributed by atoms with Crippen molar-refractivity contribution in [3.8, 4) is 0 Å². The van der Waals surface area contributed by atoms with E-state index in [4.69, 9.17) is 27.9 Å². The zero-order valence-corrected chi connectivity index (χ0v) is 19.9. The lowest BCUT2D eigenvalue weighted by Crippen LogP contribution is -2.38. The van der Waals surface area contributed by atoms with Crippen LogP contribution in [0.5, 0.6) is 0 Å². The third-order valence-corrected chi connectivity index (χ3v) is 6.86. The number of benzene rings is 2. The lowest BCUT2D eigenvalue weighted by molar-refractivity contribution is 0.0374. The van der Waals surface area contributed by atoms with Crippen LogP contribution >= 0.6 is 23.2 Å². The first-order valence-corrected chi connectivity index (χ1v) is 12.2. The van der Waals surface area contributed by atoms with Crippen LogP contribution in [-0.2, 0) is 22.4 Å². The van der Waals surface area contributed by atoms with E-state index in [1.165, 1.54) is 4.31 Å². The quantitative estimate of drug-likeness (QED) is 0.401. The van der Waals surface area contributed by atoms with Crippen molar-refractivity contribution in [3.63, 3.8) is 0 Å². The Morgan fingerprint density at radius 3 is 2.56 bits per heavy atom. The summed E-state index contributed by atoms with van der Waals surface area (Å²) in [5.74, 6) is -0.181. The highest BCUT2D eigenvalue weighted by atomic mass is 35.5. The van der Waals surface area contributed by atoms with Gasteiger partial charge in [-0.25, -0.2) is 0 Å². The van der Waals surface area contributed by atoms with E-state index in [2.05, 4.69) is 10.2 Å². The van der Waals surface area contributed by atoms with Gasteiger partial charge in [-0.1, -0.05) is 35.3 Å². The maximum Gasteiger partial charge on any atom is 0.251 e. The van der Waals surface area contributed by atoms with Gasteiger partial charge in [0.1, 0.15) is 0 Å². The average molecular weight is 499 g/mol. The highest BCUT2D eigenvalue weighted by molar-refractivity contribution is 7.80. The van der Waals surface area contributed by atoms with Crippen LogP contribution in [0.25, 0.3) is 0 Å². The van der Waals surface area contributed by atoms with E-state index in [1.807, 2.05) is 6.07 Å². The maximum atomic E-state index is 12.4. The normalized spacial score (nSPS) is 15.3. The number of hydrogen-bond donors (Lipinski definition) is 1. The van der Waals surface area contributed by atoms with E-state index < -0.39 is 11.3 Å². The zero-order valence-electron chi connectivity index (χ0n) is 17.6. The van der Waals surface area contributed by atoms with Gasteiger partial charge in [-0.2, -0.15) is 0 Å². The fraction of sp³-hybridized carbons (Fsp3) is 0.409. The Kier molecular flexibility index (Phi) is 9.77. The van der Waals surface area contributed by atoms with Crippen molar-refractivity contribution in [2.75, 3.05) is 50.2 Å². The molecule has 32 heavy (non-hydrogen) atoms. The highest BCUT2D eigenvalue weighted by Crippen LogP contribution is 2.26. The van der Waals surface area contributed by atoms with Gasteiger partial charge in [-0.05, 0) is 55.3 Å². The Hall–Kier alpha value is -1.68. The van der Waals surface area contributed by atoms with Gasteiger partial charge >= 0.3 is 0 Å². The Morgan fingerprint density at radius 1 is 1.16 bits per heavy atom. The standard InChI is InChI=1S/C22H27Cl2N3O4S/c23-20-4-1-3-17(21(20)24)9-12-27(32(29)30)19-7-5-18(6-8-19)22(28)25-10-2-11-26-13-15-31-16-14-26/h1,3-8H,2,9-16H2,(H,25,28)(H,29,30)/p-1. The van der Waals surface area contributed by atoms with Crippen molar-refractivity contribution >= 4 is 46.1 Å². The maximum absolute atomic E-state index is 12.4. The minimum absolute atomic E-state index is 0.181. The predicted octanol–water partition coefficient (Wildman–Crippen LogP) is 3.29. The fourth-order valence-electron chi connectivity index (χ4n) is 3.46. The first kappa shape index (κ1) is 25.0. The van der Waals surface area contributed by atoms with Crippen LogP contribution in [0, 0.1) is 0 Å². The third kappa shape index (κ3) is 7.16. The lowest BCUT2D eigenvalue weighted by atomic mass is 10.1. The van der Waals surface area contributed by atoms with Crippen LogP contribution in [0.15, 0.2) is 42.5 Å². The Bertz CT molecular complexity index is 924. The second kappa shape index (κ2) is 12.5. The number of halogens is 2. The molecule has 0 saturated carbocycles. The van der Waals surface area contributed by atoms with E-state index in [-0.39, 0.29) is 12.5 Å². The number of carbonyl (C=O) groups excluding carboxylic acids is 1. The van der Waals surface area contributed by atoms with Crippen molar-refractivity contribution < 1.29 is 18.3 Å².